The average Bonchev–Trinajstić information content (AvgIpc) is 3.18. The van der Waals surface area contributed by atoms with Gasteiger partial charge >= 0.3 is 5.97 Å². The number of nitrogens with one attached hydrogen (secondary N) is 1. The molecule has 0 fully saturated rings. The minimum atomic E-state index is -0.577. The zero-order chi connectivity index (χ0) is 18.7. The van der Waals surface area contributed by atoms with Crippen LogP contribution in [-0.4, -0.2) is 29.3 Å². The molecule has 134 valence electrons. The zero-order valence-electron chi connectivity index (χ0n) is 14.2. The number of amides is 1. The zero-order valence-corrected chi connectivity index (χ0v) is 15.8. The number of nitrogens with zero attached hydrogens (tertiary/aromatic N) is 1. The Hall–Kier alpha value is -2.58. The molecule has 1 N–H and O–H groups in total. The maximum absolute atomic E-state index is 12.5. The number of ketones is 1. The molecule has 1 aromatic carbocycles. The molecule has 0 unspecified atom stereocenters. The van der Waals surface area contributed by atoms with Crippen molar-refractivity contribution in [1.29, 1.82) is 0 Å². The Kier molecular flexibility index (Phi) is 5.43. The first kappa shape index (κ1) is 18.2. The van der Waals surface area contributed by atoms with Gasteiger partial charge in [-0.2, -0.15) is 0 Å². The molecule has 0 saturated carbocycles. The van der Waals surface area contributed by atoms with E-state index in [1.165, 1.54) is 22.7 Å². The van der Waals surface area contributed by atoms with E-state index in [0.29, 0.717) is 21.1 Å². The molecule has 2 aromatic heterocycles. The third kappa shape index (κ3) is 3.81. The Morgan fingerprint density at radius 3 is 2.73 bits per heavy atom. The highest BCUT2D eigenvalue weighted by Crippen LogP contribution is 2.30. The van der Waals surface area contributed by atoms with Crippen LogP contribution < -0.4 is 5.32 Å². The van der Waals surface area contributed by atoms with Crippen LogP contribution >= 0.6 is 22.7 Å². The highest BCUT2D eigenvalue weighted by Gasteiger charge is 2.22. The number of esters is 1. The molecule has 3 aromatic rings. The third-order valence-electron chi connectivity index (χ3n) is 3.58. The number of thiophene rings is 1. The molecular weight excluding hydrogens is 372 g/mol. The van der Waals surface area contributed by atoms with Crippen LogP contribution in [0, 0.1) is 6.92 Å². The number of carbonyl (C=O) groups is 3. The number of aromatic nitrogens is 1. The van der Waals surface area contributed by atoms with Gasteiger partial charge in [0.15, 0.2) is 10.8 Å². The molecule has 0 radical (unpaired) electrons. The highest BCUT2D eigenvalue weighted by atomic mass is 32.1. The van der Waals surface area contributed by atoms with Crippen LogP contribution in [0.4, 0.5) is 5.00 Å². The lowest BCUT2D eigenvalue weighted by atomic mass is 10.1. The first-order valence-electron chi connectivity index (χ1n) is 7.93. The second kappa shape index (κ2) is 7.76. The summed E-state index contributed by atoms with van der Waals surface area (Å²) in [5.74, 6) is -1.33. The van der Waals surface area contributed by atoms with E-state index in [1.807, 2.05) is 24.3 Å². The van der Waals surface area contributed by atoms with E-state index < -0.39 is 5.97 Å². The lowest BCUT2D eigenvalue weighted by Gasteiger charge is -2.06. The summed E-state index contributed by atoms with van der Waals surface area (Å²) >= 11 is 2.53. The van der Waals surface area contributed by atoms with Gasteiger partial charge in [0.25, 0.3) is 5.91 Å². The summed E-state index contributed by atoms with van der Waals surface area (Å²) in [6.07, 6.45) is -0.352. The monoisotopic (exact) mass is 388 g/mol. The van der Waals surface area contributed by atoms with Crippen molar-refractivity contribution in [2.45, 2.75) is 20.3 Å². The number of ether oxygens (including phenoxy) is 1. The van der Waals surface area contributed by atoms with Gasteiger partial charge < -0.3 is 10.1 Å². The van der Waals surface area contributed by atoms with E-state index in [4.69, 9.17) is 4.74 Å². The average molecular weight is 388 g/mol. The maximum atomic E-state index is 12.5. The predicted octanol–water partition coefficient (Wildman–Crippen LogP) is 4.05. The molecular formula is C18H16N2O4S2. The fourth-order valence-electron chi connectivity index (χ4n) is 2.44. The topological polar surface area (TPSA) is 85.4 Å². The van der Waals surface area contributed by atoms with Crippen LogP contribution in [0.2, 0.25) is 0 Å². The van der Waals surface area contributed by atoms with Crippen LogP contribution in [0.15, 0.2) is 29.6 Å². The summed E-state index contributed by atoms with van der Waals surface area (Å²) in [4.78, 5) is 40.9. The van der Waals surface area contributed by atoms with Crippen LogP contribution in [-0.2, 0) is 9.53 Å². The Balaban J connectivity index is 1.80. The van der Waals surface area contributed by atoms with E-state index in [9.17, 15) is 14.4 Å². The molecule has 2 heterocycles. The van der Waals surface area contributed by atoms with Gasteiger partial charge in [0, 0.05) is 0 Å². The van der Waals surface area contributed by atoms with Crippen molar-refractivity contribution in [2.75, 3.05) is 11.9 Å². The van der Waals surface area contributed by atoms with Crippen molar-refractivity contribution in [3.05, 3.63) is 45.8 Å². The quantitative estimate of drug-likeness (QED) is 0.391. The van der Waals surface area contributed by atoms with Gasteiger partial charge in [0.1, 0.15) is 11.4 Å². The molecule has 8 heteroatoms. The molecule has 0 saturated heterocycles. The summed E-state index contributed by atoms with van der Waals surface area (Å²) in [5, 5.41) is 5.26. The van der Waals surface area contributed by atoms with Crippen molar-refractivity contribution >= 4 is 55.6 Å². The van der Waals surface area contributed by atoms with Gasteiger partial charge in [-0.25, -0.2) is 4.98 Å². The van der Waals surface area contributed by atoms with Crippen LogP contribution in [0.25, 0.3) is 10.2 Å². The lowest BCUT2D eigenvalue weighted by Crippen LogP contribution is -2.16. The van der Waals surface area contributed by atoms with Crippen molar-refractivity contribution < 1.29 is 19.1 Å². The predicted molar refractivity (Wildman–Crippen MR) is 102 cm³/mol. The number of benzene rings is 1. The minimum absolute atomic E-state index is 0.218. The van der Waals surface area contributed by atoms with Crippen molar-refractivity contribution in [3.63, 3.8) is 0 Å². The number of anilines is 1. The van der Waals surface area contributed by atoms with Gasteiger partial charge in [-0.1, -0.05) is 12.1 Å². The number of para-hydroxylation sites is 1. The summed E-state index contributed by atoms with van der Waals surface area (Å²) in [6.45, 7) is 3.67. The summed E-state index contributed by atoms with van der Waals surface area (Å²) < 4.78 is 5.74. The normalized spacial score (nSPS) is 10.7. The van der Waals surface area contributed by atoms with Crippen molar-refractivity contribution in [3.8, 4) is 0 Å². The van der Waals surface area contributed by atoms with Crippen molar-refractivity contribution in [1.82, 2.24) is 4.98 Å². The van der Waals surface area contributed by atoms with Crippen LogP contribution in [0.1, 0.15) is 39.1 Å². The molecule has 1 amide bonds. The number of thiazole rings is 1. The minimum Gasteiger partial charge on any atom is -0.466 e. The Bertz CT molecular complexity index is 957. The number of rotatable bonds is 6. The highest BCUT2D eigenvalue weighted by molar-refractivity contribution is 7.20. The Labute approximate surface area is 157 Å². The number of hydrogen-bond acceptors (Lipinski definition) is 7. The van der Waals surface area contributed by atoms with Gasteiger partial charge in [0.2, 0.25) is 0 Å². The summed E-state index contributed by atoms with van der Waals surface area (Å²) in [7, 11) is 0. The number of aryl methyl sites for hydroxylation is 1. The molecule has 26 heavy (non-hydrogen) atoms. The van der Waals surface area contributed by atoms with Crippen molar-refractivity contribution in [2.24, 2.45) is 0 Å². The molecule has 0 aliphatic heterocycles. The van der Waals surface area contributed by atoms with Gasteiger partial charge in [-0.15, -0.1) is 22.7 Å². The SMILES string of the molecule is CCOC(=O)CC(=O)c1c(C)csc1NC(=O)c1nc2ccccc2s1. The fraction of sp³-hybridized carbons (Fsp3) is 0.222. The lowest BCUT2D eigenvalue weighted by molar-refractivity contribution is -0.141. The van der Waals surface area contributed by atoms with Crippen LogP contribution in [0.5, 0.6) is 0 Å². The fourth-order valence-corrected chi connectivity index (χ4v) is 4.26. The van der Waals surface area contributed by atoms with Gasteiger partial charge in [-0.3, -0.25) is 14.4 Å². The second-order valence-electron chi connectivity index (χ2n) is 5.47. The Morgan fingerprint density at radius 2 is 2.00 bits per heavy atom. The number of hydrogen-bond donors (Lipinski definition) is 1. The van der Waals surface area contributed by atoms with Gasteiger partial charge in [-0.05, 0) is 36.9 Å². The largest absolute Gasteiger partial charge is 0.466 e. The summed E-state index contributed by atoms with van der Waals surface area (Å²) in [6, 6.07) is 7.48. The number of carbonyl (C=O) groups excluding carboxylic acids is 3. The Morgan fingerprint density at radius 1 is 1.23 bits per heavy atom. The maximum Gasteiger partial charge on any atom is 0.313 e. The number of Topliss-reactive ketones (excluding diaryl/α,β-unsaturated/α-hetero) is 1. The molecule has 0 bridgehead atoms. The van der Waals surface area contributed by atoms with E-state index in [2.05, 4.69) is 10.3 Å². The second-order valence-corrected chi connectivity index (χ2v) is 7.38. The molecule has 0 aliphatic carbocycles. The van der Waals surface area contributed by atoms with E-state index >= 15 is 0 Å². The third-order valence-corrected chi connectivity index (χ3v) is 5.63. The van der Waals surface area contributed by atoms with E-state index in [-0.39, 0.29) is 24.7 Å². The molecule has 0 aliphatic rings. The van der Waals surface area contributed by atoms with Crippen LogP contribution in [0.3, 0.4) is 0 Å². The molecule has 6 nitrogen and oxygen atoms in total. The molecule has 0 spiro atoms. The molecule has 3 rings (SSSR count). The smallest absolute Gasteiger partial charge is 0.313 e. The molecule has 0 atom stereocenters. The van der Waals surface area contributed by atoms with E-state index in [0.717, 1.165) is 10.2 Å². The number of fused-ring (bicyclic) bond motifs is 1. The standard InChI is InChI=1S/C18H16N2O4S2/c1-3-24-14(22)8-12(21)15-10(2)9-25-17(15)20-16(23)18-19-11-6-4-5-7-13(11)26-18/h4-7,9H,3,8H2,1-2H3,(H,20,23). The van der Waals surface area contributed by atoms with E-state index in [1.54, 1.807) is 19.2 Å². The first-order valence-corrected chi connectivity index (χ1v) is 9.63. The van der Waals surface area contributed by atoms with Gasteiger partial charge in [0.05, 0.1) is 22.4 Å². The first-order chi connectivity index (χ1) is 12.5. The summed E-state index contributed by atoms with van der Waals surface area (Å²) in [5.41, 5.74) is 1.81.